The van der Waals surface area contributed by atoms with E-state index in [-0.39, 0.29) is 17.9 Å². The number of amides is 1. The summed E-state index contributed by atoms with van der Waals surface area (Å²) in [4.78, 5) is 12.1. The van der Waals surface area contributed by atoms with Crippen molar-refractivity contribution in [3.05, 3.63) is 28.8 Å². The molecule has 0 heterocycles. The minimum atomic E-state index is -0.838. The van der Waals surface area contributed by atoms with Crippen LogP contribution in [0.1, 0.15) is 49.4 Å². The molecule has 1 saturated carbocycles. The largest absolute Gasteiger partial charge is 0.507 e. The van der Waals surface area contributed by atoms with Crippen molar-refractivity contribution < 1.29 is 15.0 Å². The Kier molecular flexibility index (Phi) is 5.12. The molecule has 0 aromatic heterocycles. The van der Waals surface area contributed by atoms with Crippen LogP contribution in [0.3, 0.4) is 0 Å². The third kappa shape index (κ3) is 4.11. The SMILES string of the molecule is CCC1CCC(O)(CNC(=O)c2cc(Cl)ccc2O)CC1. The van der Waals surface area contributed by atoms with Gasteiger partial charge in [-0.15, -0.1) is 0 Å². The minimum Gasteiger partial charge on any atom is -0.507 e. The van der Waals surface area contributed by atoms with Crippen LogP contribution in [0.5, 0.6) is 5.75 Å². The number of aromatic hydroxyl groups is 1. The summed E-state index contributed by atoms with van der Waals surface area (Å²) in [5, 5.41) is 23.3. The lowest BCUT2D eigenvalue weighted by atomic mass is 9.78. The summed E-state index contributed by atoms with van der Waals surface area (Å²) in [6.07, 6.45) is 4.52. The third-order valence-corrected chi connectivity index (χ3v) is 4.63. The van der Waals surface area contributed by atoms with Crippen LogP contribution in [0.4, 0.5) is 0 Å². The number of carbonyl (C=O) groups excluding carboxylic acids is 1. The molecule has 0 saturated heterocycles. The van der Waals surface area contributed by atoms with Crippen molar-refractivity contribution in [2.45, 2.75) is 44.6 Å². The van der Waals surface area contributed by atoms with Crippen LogP contribution < -0.4 is 5.32 Å². The highest BCUT2D eigenvalue weighted by Crippen LogP contribution is 2.33. The zero-order valence-electron chi connectivity index (χ0n) is 12.2. The number of phenols is 1. The molecule has 1 amide bonds. The number of nitrogens with one attached hydrogen (secondary N) is 1. The topological polar surface area (TPSA) is 69.6 Å². The van der Waals surface area contributed by atoms with Gasteiger partial charge in [-0.05, 0) is 49.8 Å². The van der Waals surface area contributed by atoms with Crippen LogP contribution >= 0.6 is 11.6 Å². The molecular weight excluding hydrogens is 290 g/mol. The predicted octanol–water partition coefficient (Wildman–Crippen LogP) is 3.11. The van der Waals surface area contributed by atoms with Gasteiger partial charge < -0.3 is 15.5 Å². The Hall–Kier alpha value is -1.26. The molecule has 0 radical (unpaired) electrons. The van der Waals surface area contributed by atoms with Gasteiger partial charge in [0, 0.05) is 11.6 Å². The molecule has 1 aliphatic carbocycles. The molecule has 0 atom stereocenters. The van der Waals surface area contributed by atoms with Crippen LogP contribution in [0.2, 0.25) is 5.02 Å². The predicted molar refractivity (Wildman–Crippen MR) is 82.6 cm³/mol. The molecule has 2 rings (SSSR count). The molecule has 4 nitrogen and oxygen atoms in total. The zero-order chi connectivity index (χ0) is 15.5. The summed E-state index contributed by atoms with van der Waals surface area (Å²) in [6, 6.07) is 4.33. The number of aliphatic hydroxyl groups is 1. The lowest BCUT2D eigenvalue weighted by Crippen LogP contribution is -2.45. The fourth-order valence-electron chi connectivity index (χ4n) is 2.83. The fraction of sp³-hybridized carbons (Fsp3) is 0.562. The van der Waals surface area contributed by atoms with E-state index >= 15 is 0 Å². The molecule has 116 valence electrons. The molecule has 0 unspecified atom stereocenters. The first-order chi connectivity index (χ1) is 9.93. The normalized spacial score (nSPS) is 25.6. The van der Waals surface area contributed by atoms with Crippen LogP contribution in [0, 0.1) is 5.92 Å². The number of phenolic OH excluding ortho intramolecular Hbond substituents is 1. The van der Waals surface area contributed by atoms with E-state index in [2.05, 4.69) is 12.2 Å². The van der Waals surface area contributed by atoms with E-state index in [1.54, 1.807) is 0 Å². The first kappa shape index (κ1) is 16.1. The Morgan fingerprint density at radius 3 is 2.71 bits per heavy atom. The lowest BCUT2D eigenvalue weighted by Gasteiger charge is -2.35. The van der Waals surface area contributed by atoms with Gasteiger partial charge in [0.05, 0.1) is 11.2 Å². The average Bonchev–Trinajstić information content (AvgIpc) is 2.48. The average molecular weight is 312 g/mol. The third-order valence-electron chi connectivity index (χ3n) is 4.39. The molecule has 1 fully saturated rings. The standard InChI is InChI=1S/C16H22ClNO3/c1-2-11-5-7-16(21,8-6-11)10-18-15(20)13-9-12(17)3-4-14(13)19/h3-4,9,11,19,21H,2,5-8,10H2,1H3,(H,18,20). The molecule has 5 heteroatoms. The first-order valence-corrected chi connectivity index (χ1v) is 7.80. The van der Waals surface area contributed by atoms with Crippen LogP contribution in [0.15, 0.2) is 18.2 Å². The number of halogens is 1. The van der Waals surface area contributed by atoms with E-state index in [1.165, 1.54) is 18.2 Å². The van der Waals surface area contributed by atoms with Gasteiger partial charge in [-0.3, -0.25) is 4.79 Å². The minimum absolute atomic E-state index is 0.112. The summed E-state index contributed by atoms with van der Waals surface area (Å²) >= 11 is 5.83. The van der Waals surface area contributed by atoms with E-state index in [4.69, 9.17) is 11.6 Å². The summed E-state index contributed by atoms with van der Waals surface area (Å²) in [5.41, 5.74) is -0.705. The summed E-state index contributed by atoms with van der Waals surface area (Å²) in [6.45, 7) is 2.37. The Bertz CT molecular complexity index is 510. The van der Waals surface area contributed by atoms with Gasteiger partial charge in [-0.2, -0.15) is 0 Å². The van der Waals surface area contributed by atoms with Gasteiger partial charge in [0.25, 0.3) is 5.91 Å². The van der Waals surface area contributed by atoms with E-state index in [0.29, 0.717) is 23.8 Å². The van der Waals surface area contributed by atoms with E-state index in [9.17, 15) is 15.0 Å². The number of hydrogen-bond acceptors (Lipinski definition) is 3. The molecule has 0 spiro atoms. The Morgan fingerprint density at radius 1 is 1.43 bits per heavy atom. The maximum atomic E-state index is 12.1. The molecule has 1 aliphatic rings. The van der Waals surface area contributed by atoms with Gasteiger partial charge in [-0.25, -0.2) is 0 Å². The number of benzene rings is 1. The van der Waals surface area contributed by atoms with E-state index in [1.807, 2.05) is 0 Å². The highest BCUT2D eigenvalue weighted by atomic mass is 35.5. The molecule has 0 aliphatic heterocycles. The highest BCUT2D eigenvalue weighted by Gasteiger charge is 2.33. The first-order valence-electron chi connectivity index (χ1n) is 7.42. The van der Waals surface area contributed by atoms with Crippen molar-refractivity contribution in [1.82, 2.24) is 5.32 Å². The van der Waals surface area contributed by atoms with Crippen molar-refractivity contribution >= 4 is 17.5 Å². The van der Waals surface area contributed by atoms with Crippen LogP contribution in [0.25, 0.3) is 0 Å². The molecule has 1 aromatic carbocycles. The molecule has 1 aromatic rings. The maximum absolute atomic E-state index is 12.1. The number of hydrogen-bond donors (Lipinski definition) is 3. The van der Waals surface area contributed by atoms with Crippen molar-refractivity contribution in [3.63, 3.8) is 0 Å². The van der Waals surface area contributed by atoms with Gasteiger partial charge in [0.15, 0.2) is 0 Å². The smallest absolute Gasteiger partial charge is 0.255 e. The Labute approximate surface area is 130 Å². The van der Waals surface area contributed by atoms with Crippen molar-refractivity contribution in [1.29, 1.82) is 0 Å². The van der Waals surface area contributed by atoms with Gasteiger partial charge in [0.1, 0.15) is 5.75 Å². The van der Waals surface area contributed by atoms with Gasteiger partial charge in [0.2, 0.25) is 0 Å². The number of carbonyl (C=O) groups is 1. The van der Waals surface area contributed by atoms with Gasteiger partial charge in [-0.1, -0.05) is 24.9 Å². The summed E-state index contributed by atoms with van der Waals surface area (Å²) in [5.74, 6) is 0.151. The zero-order valence-corrected chi connectivity index (χ0v) is 13.0. The number of rotatable bonds is 4. The second-order valence-electron chi connectivity index (χ2n) is 5.92. The molecular formula is C16H22ClNO3. The molecule has 0 bridgehead atoms. The van der Waals surface area contributed by atoms with Crippen molar-refractivity contribution in [3.8, 4) is 5.75 Å². The van der Waals surface area contributed by atoms with E-state index < -0.39 is 11.5 Å². The Morgan fingerprint density at radius 2 is 2.10 bits per heavy atom. The maximum Gasteiger partial charge on any atom is 0.255 e. The fourth-order valence-corrected chi connectivity index (χ4v) is 3.00. The second-order valence-corrected chi connectivity index (χ2v) is 6.36. The Balaban J connectivity index is 1.93. The van der Waals surface area contributed by atoms with Crippen LogP contribution in [-0.2, 0) is 0 Å². The van der Waals surface area contributed by atoms with Gasteiger partial charge >= 0.3 is 0 Å². The highest BCUT2D eigenvalue weighted by molar-refractivity contribution is 6.31. The molecule has 3 N–H and O–H groups in total. The van der Waals surface area contributed by atoms with E-state index in [0.717, 1.165) is 19.3 Å². The van der Waals surface area contributed by atoms with Crippen LogP contribution in [-0.4, -0.2) is 28.3 Å². The molecule has 21 heavy (non-hydrogen) atoms. The van der Waals surface area contributed by atoms with Crippen molar-refractivity contribution in [2.24, 2.45) is 5.92 Å². The van der Waals surface area contributed by atoms with Crippen molar-refractivity contribution in [2.75, 3.05) is 6.54 Å². The summed E-state index contributed by atoms with van der Waals surface area (Å²) < 4.78 is 0. The lowest BCUT2D eigenvalue weighted by molar-refractivity contribution is -0.00788. The monoisotopic (exact) mass is 311 g/mol. The second kappa shape index (κ2) is 6.67. The quantitative estimate of drug-likeness (QED) is 0.800. The summed E-state index contributed by atoms with van der Waals surface area (Å²) in [7, 11) is 0.